The molecule has 0 radical (unpaired) electrons. The van der Waals surface area contributed by atoms with Crippen LogP contribution in [0.15, 0.2) is 18.2 Å². The molecule has 8 nitrogen and oxygen atoms in total. The van der Waals surface area contributed by atoms with Crippen molar-refractivity contribution in [3.63, 3.8) is 0 Å². The van der Waals surface area contributed by atoms with Gasteiger partial charge in [0, 0.05) is 24.7 Å². The number of hydrogen-bond donors (Lipinski definition) is 4. The van der Waals surface area contributed by atoms with Crippen LogP contribution in [0, 0.1) is 5.92 Å². The number of anilines is 1. The molecular weight excluding hydrogens is 384 g/mol. The van der Waals surface area contributed by atoms with E-state index in [1.165, 1.54) is 25.7 Å². The highest BCUT2D eigenvalue weighted by molar-refractivity contribution is 6.24. The molecular formula is C22H30N4O4. The SMILES string of the molecule is CNC1CCC(CCNc2cccc3c2C(=O)N(C2CCC(=O)NC2O)C3=O)CC1. The van der Waals surface area contributed by atoms with Crippen molar-refractivity contribution in [3.05, 3.63) is 29.3 Å². The minimum Gasteiger partial charge on any atom is -0.384 e. The molecule has 0 bridgehead atoms. The predicted molar refractivity (Wildman–Crippen MR) is 112 cm³/mol. The van der Waals surface area contributed by atoms with Gasteiger partial charge in [0.25, 0.3) is 11.8 Å². The van der Waals surface area contributed by atoms with Crippen molar-refractivity contribution in [2.45, 2.75) is 63.3 Å². The molecule has 8 heteroatoms. The van der Waals surface area contributed by atoms with E-state index in [9.17, 15) is 19.5 Å². The number of rotatable bonds is 6. The van der Waals surface area contributed by atoms with Gasteiger partial charge in [0.15, 0.2) is 0 Å². The minimum atomic E-state index is -1.24. The molecule has 1 saturated carbocycles. The van der Waals surface area contributed by atoms with Crippen LogP contribution >= 0.6 is 0 Å². The Labute approximate surface area is 176 Å². The Morgan fingerprint density at radius 3 is 2.57 bits per heavy atom. The molecule has 2 fully saturated rings. The highest BCUT2D eigenvalue weighted by Crippen LogP contribution is 2.33. The molecule has 1 aliphatic carbocycles. The molecule has 4 N–H and O–H groups in total. The summed E-state index contributed by atoms with van der Waals surface area (Å²) in [4.78, 5) is 38.6. The third-order valence-electron chi connectivity index (χ3n) is 6.74. The fourth-order valence-corrected chi connectivity index (χ4v) is 4.94. The van der Waals surface area contributed by atoms with Crippen LogP contribution in [0.4, 0.5) is 5.69 Å². The van der Waals surface area contributed by atoms with Crippen molar-refractivity contribution in [3.8, 4) is 0 Å². The van der Waals surface area contributed by atoms with Gasteiger partial charge in [-0.05, 0) is 63.6 Å². The normalized spacial score (nSPS) is 29.0. The van der Waals surface area contributed by atoms with E-state index in [0.717, 1.165) is 17.9 Å². The number of imide groups is 1. The Kier molecular flexibility index (Phi) is 6.06. The number of aliphatic hydroxyl groups excluding tert-OH is 1. The third kappa shape index (κ3) is 3.94. The molecule has 3 amide bonds. The van der Waals surface area contributed by atoms with Crippen LogP contribution in [-0.4, -0.2) is 59.6 Å². The zero-order valence-corrected chi connectivity index (χ0v) is 17.3. The first kappa shape index (κ1) is 20.8. The second kappa shape index (κ2) is 8.73. The summed E-state index contributed by atoms with van der Waals surface area (Å²) in [6.45, 7) is 0.745. The van der Waals surface area contributed by atoms with E-state index in [-0.39, 0.29) is 18.7 Å². The standard InChI is InChI=1S/C22H30N4O4/c1-23-14-7-5-13(6-8-14)11-12-24-16-4-2-3-15-19(16)22(30)26(21(15)29)17-9-10-18(27)25-20(17)28/h2-4,13-14,17,20,23-24,28H,5-12H2,1H3,(H,25,27). The summed E-state index contributed by atoms with van der Waals surface area (Å²) in [7, 11) is 2.02. The Hall–Kier alpha value is -2.45. The molecule has 2 unspecified atom stereocenters. The maximum absolute atomic E-state index is 13.1. The summed E-state index contributed by atoms with van der Waals surface area (Å²) < 4.78 is 0. The smallest absolute Gasteiger partial charge is 0.264 e. The third-order valence-corrected chi connectivity index (χ3v) is 6.74. The molecule has 4 rings (SSSR count). The number of benzene rings is 1. The van der Waals surface area contributed by atoms with Gasteiger partial charge in [-0.3, -0.25) is 19.3 Å². The zero-order chi connectivity index (χ0) is 21.3. The highest BCUT2D eigenvalue weighted by Gasteiger charge is 2.45. The van der Waals surface area contributed by atoms with Crippen LogP contribution < -0.4 is 16.0 Å². The van der Waals surface area contributed by atoms with E-state index in [1.54, 1.807) is 12.1 Å². The Balaban J connectivity index is 1.42. The van der Waals surface area contributed by atoms with Crippen LogP contribution in [-0.2, 0) is 4.79 Å². The summed E-state index contributed by atoms with van der Waals surface area (Å²) in [6.07, 6.45) is 5.03. The molecule has 3 aliphatic rings. The molecule has 30 heavy (non-hydrogen) atoms. The first-order chi connectivity index (χ1) is 14.5. The molecule has 0 aromatic heterocycles. The van der Waals surface area contributed by atoms with Gasteiger partial charge in [0.1, 0.15) is 6.23 Å². The average Bonchev–Trinajstić information content (AvgIpc) is 3.00. The maximum atomic E-state index is 13.1. The Bertz CT molecular complexity index is 834. The fourth-order valence-electron chi connectivity index (χ4n) is 4.94. The van der Waals surface area contributed by atoms with Crippen molar-refractivity contribution >= 4 is 23.4 Å². The monoisotopic (exact) mass is 414 g/mol. The second-order valence-electron chi connectivity index (χ2n) is 8.55. The average molecular weight is 415 g/mol. The lowest BCUT2D eigenvalue weighted by Crippen LogP contribution is -2.57. The zero-order valence-electron chi connectivity index (χ0n) is 17.3. The largest absolute Gasteiger partial charge is 0.384 e. The van der Waals surface area contributed by atoms with E-state index < -0.39 is 24.1 Å². The number of nitrogens with zero attached hydrogens (tertiary/aromatic N) is 1. The molecule has 2 aliphatic heterocycles. The first-order valence-electron chi connectivity index (χ1n) is 10.9. The van der Waals surface area contributed by atoms with E-state index in [1.807, 2.05) is 13.1 Å². The van der Waals surface area contributed by atoms with E-state index in [0.29, 0.717) is 28.8 Å². The fraction of sp³-hybridized carbons (Fsp3) is 0.591. The Morgan fingerprint density at radius 1 is 1.10 bits per heavy atom. The summed E-state index contributed by atoms with van der Waals surface area (Å²) in [5.41, 5.74) is 1.38. The maximum Gasteiger partial charge on any atom is 0.264 e. The number of hydrogen-bond acceptors (Lipinski definition) is 6. The van der Waals surface area contributed by atoms with E-state index in [4.69, 9.17) is 0 Å². The van der Waals surface area contributed by atoms with Crippen LogP contribution in [0.2, 0.25) is 0 Å². The highest BCUT2D eigenvalue weighted by atomic mass is 16.3. The van der Waals surface area contributed by atoms with Crippen LogP contribution in [0.25, 0.3) is 0 Å². The van der Waals surface area contributed by atoms with Gasteiger partial charge in [0.05, 0.1) is 17.2 Å². The van der Waals surface area contributed by atoms with Gasteiger partial charge in [-0.1, -0.05) is 6.07 Å². The van der Waals surface area contributed by atoms with E-state index >= 15 is 0 Å². The van der Waals surface area contributed by atoms with Crippen molar-refractivity contribution in [1.82, 2.24) is 15.5 Å². The molecule has 1 aromatic carbocycles. The van der Waals surface area contributed by atoms with Gasteiger partial charge in [-0.2, -0.15) is 0 Å². The van der Waals surface area contributed by atoms with Crippen LogP contribution in [0.3, 0.4) is 0 Å². The lowest BCUT2D eigenvalue weighted by atomic mass is 9.84. The quantitative estimate of drug-likeness (QED) is 0.525. The molecule has 1 aromatic rings. The van der Waals surface area contributed by atoms with Crippen molar-refractivity contribution in [2.75, 3.05) is 18.9 Å². The van der Waals surface area contributed by atoms with Gasteiger partial charge in [-0.25, -0.2) is 0 Å². The second-order valence-corrected chi connectivity index (χ2v) is 8.55. The number of carbonyl (C=O) groups excluding carboxylic acids is 3. The van der Waals surface area contributed by atoms with Gasteiger partial charge in [-0.15, -0.1) is 0 Å². The summed E-state index contributed by atoms with van der Waals surface area (Å²) in [5.74, 6) is -0.424. The van der Waals surface area contributed by atoms with Gasteiger partial charge >= 0.3 is 0 Å². The number of carbonyl (C=O) groups is 3. The lowest BCUT2D eigenvalue weighted by molar-refractivity contribution is -0.129. The van der Waals surface area contributed by atoms with E-state index in [2.05, 4.69) is 16.0 Å². The number of nitrogens with one attached hydrogen (secondary N) is 3. The predicted octanol–water partition coefficient (Wildman–Crippen LogP) is 1.46. The number of aliphatic hydroxyl groups is 1. The van der Waals surface area contributed by atoms with Gasteiger partial charge < -0.3 is 21.1 Å². The first-order valence-corrected chi connectivity index (χ1v) is 10.9. The summed E-state index contributed by atoms with van der Waals surface area (Å²) in [5, 5.41) is 19.3. The molecule has 1 saturated heterocycles. The molecule has 2 atom stereocenters. The van der Waals surface area contributed by atoms with Crippen LogP contribution in [0.1, 0.15) is 65.7 Å². The Morgan fingerprint density at radius 2 is 1.87 bits per heavy atom. The lowest BCUT2D eigenvalue weighted by Gasteiger charge is -2.33. The number of fused-ring (bicyclic) bond motifs is 1. The topological polar surface area (TPSA) is 111 Å². The van der Waals surface area contributed by atoms with Crippen LogP contribution in [0.5, 0.6) is 0 Å². The van der Waals surface area contributed by atoms with Crippen molar-refractivity contribution in [2.24, 2.45) is 5.92 Å². The van der Waals surface area contributed by atoms with Crippen molar-refractivity contribution < 1.29 is 19.5 Å². The van der Waals surface area contributed by atoms with Gasteiger partial charge in [0.2, 0.25) is 5.91 Å². The molecule has 2 heterocycles. The molecule has 162 valence electrons. The number of piperidine rings is 1. The number of amides is 3. The molecule has 0 spiro atoms. The summed E-state index contributed by atoms with van der Waals surface area (Å²) >= 11 is 0. The minimum absolute atomic E-state index is 0.177. The van der Waals surface area contributed by atoms with Crippen molar-refractivity contribution in [1.29, 1.82) is 0 Å². The summed E-state index contributed by atoms with van der Waals surface area (Å²) in [6, 6.07) is 5.12.